The number of nitrogens with one attached hydrogen (secondary N) is 2. The zero-order chi connectivity index (χ0) is 14.0. The van der Waals surface area contributed by atoms with Gasteiger partial charge in [-0.05, 0) is 19.8 Å². The maximum Gasteiger partial charge on any atom is 0.148 e. The molecule has 0 amide bonds. The van der Waals surface area contributed by atoms with Crippen LogP contribution in [0.1, 0.15) is 57.8 Å². The van der Waals surface area contributed by atoms with E-state index in [-0.39, 0.29) is 5.41 Å². The van der Waals surface area contributed by atoms with Crippen LogP contribution in [0.25, 0.3) is 0 Å². The highest BCUT2D eigenvalue weighted by molar-refractivity contribution is 5.57. The van der Waals surface area contributed by atoms with Crippen LogP contribution in [0.5, 0.6) is 0 Å². The van der Waals surface area contributed by atoms with Gasteiger partial charge in [0.2, 0.25) is 0 Å². The third-order valence-electron chi connectivity index (χ3n) is 3.65. The molecule has 1 aromatic rings. The molecule has 19 heavy (non-hydrogen) atoms. The number of nitrogens with two attached hydrogens (primary N) is 1. The van der Waals surface area contributed by atoms with Crippen LogP contribution in [0, 0.1) is 6.92 Å². The molecular weight excluding hydrogens is 238 g/mol. The van der Waals surface area contributed by atoms with Crippen LogP contribution in [0.15, 0.2) is 0 Å². The van der Waals surface area contributed by atoms with E-state index in [0.717, 1.165) is 17.2 Å². The smallest absolute Gasteiger partial charge is 0.148 e. The number of anilines is 2. The van der Waals surface area contributed by atoms with E-state index in [9.17, 15) is 0 Å². The number of aromatic nitrogens is 2. The largest absolute Gasteiger partial charge is 0.367 e. The normalized spacial score (nSPS) is 16.7. The van der Waals surface area contributed by atoms with Crippen molar-refractivity contribution >= 4 is 11.6 Å². The van der Waals surface area contributed by atoms with Crippen LogP contribution in [-0.4, -0.2) is 16.0 Å². The van der Waals surface area contributed by atoms with Gasteiger partial charge in [0.15, 0.2) is 0 Å². The van der Waals surface area contributed by atoms with Crippen molar-refractivity contribution < 1.29 is 0 Å². The van der Waals surface area contributed by atoms with Crippen LogP contribution in [-0.2, 0) is 5.41 Å². The first-order chi connectivity index (χ1) is 8.91. The summed E-state index contributed by atoms with van der Waals surface area (Å²) in [5.74, 6) is 8.01. The standard InChI is InChI=1S/C14H25N5/c1-9-11(16-10-7-5-6-8-10)17-13(14(2,3)4)18-12(9)19-15/h10H,5-8,15H2,1-4H3,(H2,16,17,18,19). The number of nitrogens with zero attached hydrogens (tertiary/aromatic N) is 2. The molecule has 106 valence electrons. The molecule has 1 saturated carbocycles. The highest BCUT2D eigenvalue weighted by atomic mass is 15.3. The van der Waals surface area contributed by atoms with Crippen LogP contribution in [0.2, 0.25) is 0 Å². The number of nitrogen functional groups attached to an aromatic ring is 1. The Labute approximate surface area is 115 Å². The van der Waals surface area contributed by atoms with E-state index in [1.54, 1.807) is 0 Å². The van der Waals surface area contributed by atoms with E-state index in [1.807, 2.05) is 6.92 Å². The lowest BCUT2D eigenvalue weighted by atomic mass is 9.95. The topological polar surface area (TPSA) is 75.9 Å². The fourth-order valence-electron chi connectivity index (χ4n) is 2.40. The minimum atomic E-state index is -0.0919. The first-order valence-electron chi connectivity index (χ1n) is 7.04. The van der Waals surface area contributed by atoms with E-state index >= 15 is 0 Å². The third kappa shape index (κ3) is 3.15. The van der Waals surface area contributed by atoms with Crippen molar-refractivity contribution in [3.8, 4) is 0 Å². The summed E-state index contributed by atoms with van der Waals surface area (Å²) < 4.78 is 0. The molecule has 0 unspecified atom stereocenters. The maximum absolute atomic E-state index is 5.57. The summed E-state index contributed by atoms with van der Waals surface area (Å²) in [6.07, 6.45) is 5.05. The van der Waals surface area contributed by atoms with Gasteiger partial charge >= 0.3 is 0 Å². The summed E-state index contributed by atoms with van der Waals surface area (Å²) in [5.41, 5.74) is 3.58. The molecule has 4 N–H and O–H groups in total. The summed E-state index contributed by atoms with van der Waals surface area (Å²) in [5, 5.41) is 3.55. The summed E-state index contributed by atoms with van der Waals surface area (Å²) in [6.45, 7) is 8.32. The predicted octanol–water partition coefficient (Wildman–Crippen LogP) is 2.72. The maximum atomic E-state index is 5.57. The van der Waals surface area contributed by atoms with Gasteiger partial charge in [-0.2, -0.15) is 0 Å². The highest BCUT2D eigenvalue weighted by Gasteiger charge is 2.23. The first kappa shape index (κ1) is 14.1. The van der Waals surface area contributed by atoms with E-state index in [1.165, 1.54) is 25.7 Å². The molecule has 0 aromatic carbocycles. The summed E-state index contributed by atoms with van der Waals surface area (Å²) in [7, 11) is 0. The van der Waals surface area contributed by atoms with Crippen molar-refractivity contribution in [3.05, 3.63) is 11.4 Å². The lowest BCUT2D eigenvalue weighted by molar-refractivity contribution is 0.545. The second-order valence-electron chi connectivity index (χ2n) is 6.39. The van der Waals surface area contributed by atoms with E-state index in [0.29, 0.717) is 11.9 Å². The number of rotatable bonds is 3. The zero-order valence-electron chi connectivity index (χ0n) is 12.4. The molecule has 0 radical (unpaired) electrons. The summed E-state index contributed by atoms with van der Waals surface area (Å²) in [4.78, 5) is 9.21. The number of hydrogen-bond acceptors (Lipinski definition) is 5. The van der Waals surface area contributed by atoms with E-state index in [4.69, 9.17) is 10.8 Å². The average molecular weight is 263 g/mol. The monoisotopic (exact) mass is 263 g/mol. The Hall–Kier alpha value is -1.36. The molecule has 0 bridgehead atoms. The third-order valence-corrected chi connectivity index (χ3v) is 3.65. The molecule has 5 heteroatoms. The molecule has 0 saturated heterocycles. The van der Waals surface area contributed by atoms with Gasteiger partial charge < -0.3 is 10.7 Å². The Bertz CT molecular complexity index is 444. The summed E-state index contributed by atoms with van der Waals surface area (Å²) in [6, 6.07) is 0.534. The average Bonchev–Trinajstić information content (AvgIpc) is 2.83. The van der Waals surface area contributed by atoms with Crippen molar-refractivity contribution in [1.82, 2.24) is 9.97 Å². The molecule has 2 rings (SSSR count). The van der Waals surface area contributed by atoms with Gasteiger partial charge in [-0.1, -0.05) is 33.6 Å². The minimum absolute atomic E-state index is 0.0919. The number of hydrazine groups is 1. The quantitative estimate of drug-likeness (QED) is 0.577. The van der Waals surface area contributed by atoms with Gasteiger partial charge in [-0.3, -0.25) is 0 Å². The molecule has 1 heterocycles. The second kappa shape index (κ2) is 5.33. The molecule has 1 aromatic heterocycles. The second-order valence-corrected chi connectivity index (χ2v) is 6.39. The lowest BCUT2D eigenvalue weighted by Crippen LogP contribution is -2.23. The lowest BCUT2D eigenvalue weighted by Gasteiger charge is -2.22. The van der Waals surface area contributed by atoms with Crippen molar-refractivity contribution in [2.24, 2.45) is 5.84 Å². The highest BCUT2D eigenvalue weighted by Crippen LogP contribution is 2.28. The van der Waals surface area contributed by atoms with Crippen LogP contribution in [0.3, 0.4) is 0 Å². The van der Waals surface area contributed by atoms with Gasteiger partial charge in [-0.15, -0.1) is 0 Å². The molecule has 1 aliphatic rings. The Morgan fingerprint density at radius 1 is 1.11 bits per heavy atom. The molecule has 0 aliphatic heterocycles. The van der Waals surface area contributed by atoms with Gasteiger partial charge in [0.1, 0.15) is 17.5 Å². The molecule has 0 atom stereocenters. The Morgan fingerprint density at radius 2 is 1.68 bits per heavy atom. The SMILES string of the molecule is Cc1c(NN)nc(C(C)(C)C)nc1NC1CCCC1. The Balaban J connectivity index is 2.34. The number of hydrogen-bond donors (Lipinski definition) is 3. The van der Waals surface area contributed by atoms with Crippen LogP contribution in [0.4, 0.5) is 11.6 Å². The molecule has 1 fully saturated rings. The van der Waals surface area contributed by atoms with Gasteiger partial charge in [-0.25, -0.2) is 15.8 Å². The van der Waals surface area contributed by atoms with Gasteiger partial charge in [0, 0.05) is 17.0 Å². The molecule has 1 aliphatic carbocycles. The van der Waals surface area contributed by atoms with Crippen molar-refractivity contribution in [1.29, 1.82) is 0 Å². The van der Waals surface area contributed by atoms with Crippen LogP contribution >= 0.6 is 0 Å². The van der Waals surface area contributed by atoms with Crippen molar-refractivity contribution in [2.75, 3.05) is 10.7 Å². The minimum Gasteiger partial charge on any atom is -0.367 e. The fraction of sp³-hybridized carbons (Fsp3) is 0.714. The van der Waals surface area contributed by atoms with E-state index in [2.05, 4.69) is 36.5 Å². The Kier molecular flexibility index (Phi) is 3.94. The molecular formula is C14H25N5. The van der Waals surface area contributed by atoms with Crippen molar-refractivity contribution in [2.45, 2.75) is 64.8 Å². The molecule has 5 nitrogen and oxygen atoms in total. The predicted molar refractivity (Wildman–Crippen MR) is 79.2 cm³/mol. The summed E-state index contributed by atoms with van der Waals surface area (Å²) >= 11 is 0. The fourth-order valence-corrected chi connectivity index (χ4v) is 2.40. The zero-order valence-corrected chi connectivity index (χ0v) is 12.4. The van der Waals surface area contributed by atoms with Gasteiger partial charge in [0.05, 0.1) is 0 Å². The van der Waals surface area contributed by atoms with E-state index < -0.39 is 0 Å². The van der Waals surface area contributed by atoms with Crippen LogP contribution < -0.4 is 16.6 Å². The Morgan fingerprint density at radius 3 is 2.21 bits per heavy atom. The van der Waals surface area contributed by atoms with Gasteiger partial charge in [0.25, 0.3) is 0 Å². The molecule has 0 spiro atoms. The van der Waals surface area contributed by atoms with Crippen molar-refractivity contribution in [3.63, 3.8) is 0 Å². The first-order valence-corrected chi connectivity index (χ1v) is 7.04.